The fraction of sp³-hybridized carbons (Fsp3) is 0.448. The third-order valence-electron chi connectivity index (χ3n) is 6.95. The van der Waals surface area contributed by atoms with Gasteiger partial charge in [-0.05, 0) is 62.6 Å². The van der Waals surface area contributed by atoms with E-state index in [-0.39, 0.29) is 67.3 Å². The van der Waals surface area contributed by atoms with Gasteiger partial charge in [0.15, 0.2) is 0 Å². The minimum atomic E-state index is 0. The van der Waals surface area contributed by atoms with Gasteiger partial charge in [0.1, 0.15) is 0 Å². The molecule has 0 atom stereocenters. The maximum absolute atomic E-state index is 2.46. The minimum absolute atomic E-state index is 0. The third-order valence-corrected chi connectivity index (χ3v) is 6.95. The van der Waals surface area contributed by atoms with Crippen LogP contribution in [0.2, 0.25) is 0 Å². The van der Waals surface area contributed by atoms with E-state index in [1.807, 2.05) is 0 Å². The van der Waals surface area contributed by atoms with E-state index in [1.165, 1.54) is 33.4 Å². The Morgan fingerprint density at radius 3 is 1.91 bits per heavy atom. The Hall–Kier alpha value is -0.617. The van der Waals surface area contributed by atoms with Gasteiger partial charge in [0.2, 0.25) is 0 Å². The van der Waals surface area contributed by atoms with Crippen LogP contribution in [0.1, 0.15) is 89.6 Å². The van der Waals surface area contributed by atoms with Crippen molar-refractivity contribution in [1.29, 1.82) is 0 Å². The van der Waals surface area contributed by atoms with Crippen molar-refractivity contribution < 1.29 is 51.0 Å². The molecular formula is C29H36Cl2Zr. The summed E-state index contributed by atoms with van der Waals surface area (Å²) in [7, 11) is 0. The van der Waals surface area contributed by atoms with Crippen molar-refractivity contribution in [2.75, 3.05) is 0 Å². The normalized spacial score (nSPS) is 14.6. The quantitative estimate of drug-likeness (QED) is 0.462. The van der Waals surface area contributed by atoms with Gasteiger partial charge in [-0.25, -0.2) is 0 Å². The van der Waals surface area contributed by atoms with Crippen LogP contribution in [0.4, 0.5) is 0 Å². The minimum Gasteiger partial charge on any atom is -1.00 e. The molecule has 32 heavy (non-hydrogen) atoms. The first-order valence-corrected chi connectivity index (χ1v) is 11.1. The van der Waals surface area contributed by atoms with Gasteiger partial charge >= 0.3 is 26.2 Å². The molecule has 0 nitrogen and oxygen atoms in total. The Labute approximate surface area is 227 Å². The molecule has 0 radical (unpaired) electrons. The topological polar surface area (TPSA) is 0 Å². The molecule has 0 bridgehead atoms. The van der Waals surface area contributed by atoms with E-state index in [9.17, 15) is 0 Å². The molecule has 0 amide bonds. The molecule has 0 unspecified atom stereocenters. The number of rotatable bonds is 2. The Bertz CT molecular complexity index is 1040. The number of benzene rings is 2. The molecule has 0 aliphatic heterocycles. The van der Waals surface area contributed by atoms with Crippen LogP contribution < -0.4 is 24.8 Å². The van der Waals surface area contributed by atoms with Gasteiger partial charge in [-0.3, -0.25) is 0 Å². The van der Waals surface area contributed by atoms with Crippen molar-refractivity contribution in [2.45, 2.75) is 84.5 Å². The van der Waals surface area contributed by atoms with E-state index in [4.69, 9.17) is 0 Å². The maximum Gasteiger partial charge on any atom is 2.00 e. The van der Waals surface area contributed by atoms with Gasteiger partial charge in [-0.15, -0.1) is 0 Å². The largest absolute Gasteiger partial charge is 2.00 e. The summed E-state index contributed by atoms with van der Waals surface area (Å²) in [6.45, 7) is 18.9. The summed E-state index contributed by atoms with van der Waals surface area (Å²) in [4.78, 5) is 0. The molecular weight excluding hydrogens is 510 g/mol. The summed E-state index contributed by atoms with van der Waals surface area (Å²) >= 11 is 0. The summed E-state index contributed by atoms with van der Waals surface area (Å²) in [6, 6.07) is 12.0. The zero-order valence-electron chi connectivity index (χ0n) is 20.8. The van der Waals surface area contributed by atoms with Crippen molar-refractivity contribution in [1.82, 2.24) is 0 Å². The van der Waals surface area contributed by atoms with Crippen molar-refractivity contribution in [3.63, 3.8) is 0 Å². The van der Waals surface area contributed by atoms with Crippen LogP contribution in [0.5, 0.6) is 0 Å². The smallest absolute Gasteiger partial charge is 1.00 e. The Morgan fingerprint density at radius 2 is 1.38 bits per heavy atom. The zero-order valence-corrected chi connectivity index (χ0v) is 24.8. The van der Waals surface area contributed by atoms with E-state index in [2.05, 4.69) is 104 Å². The molecule has 4 rings (SSSR count). The predicted molar refractivity (Wildman–Crippen MR) is 127 cm³/mol. The van der Waals surface area contributed by atoms with Gasteiger partial charge in [-0.2, -0.15) is 0 Å². The Kier molecular flexibility index (Phi) is 9.13. The van der Waals surface area contributed by atoms with Gasteiger partial charge < -0.3 is 24.8 Å². The van der Waals surface area contributed by atoms with Crippen molar-refractivity contribution in [3.05, 3.63) is 82.0 Å². The Morgan fingerprint density at radius 1 is 0.750 bits per heavy atom. The molecule has 0 heterocycles. The van der Waals surface area contributed by atoms with Crippen LogP contribution in [-0.4, -0.2) is 0 Å². The molecule has 0 saturated heterocycles. The molecule has 2 aliphatic carbocycles. The van der Waals surface area contributed by atoms with Crippen LogP contribution in [0, 0.1) is 0 Å². The molecule has 0 spiro atoms. The van der Waals surface area contributed by atoms with Crippen LogP contribution in [0.3, 0.4) is 0 Å². The summed E-state index contributed by atoms with van der Waals surface area (Å²) in [5.74, 6) is 0. The molecule has 2 aromatic carbocycles. The molecule has 170 valence electrons. The molecule has 2 aliphatic rings. The monoisotopic (exact) mass is 544 g/mol. The summed E-state index contributed by atoms with van der Waals surface area (Å²) in [5, 5.41) is 0. The van der Waals surface area contributed by atoms with Gasteiger partial charge in [-0.1, -0.05) is 110 Å². The van der Waals surface area contributed by atoms with Crippen molar-refractivity contribution in [2.24, 2.45) is 0 Å². The second-order valence-electron chi connectivity index (χ2n) is 11.5. The number of fused-ring (bicyclic) bond motifs is 3. The van der Waals surface area contributed by atoms with E-state index >= 15 is 0 Å². The van der Waals surface area contributed by atoms with E-state index in [0.29, 0.717) is 0 Å². The number of hydrogen-bond donors (Lipinski definition) is 0. The second-order valence-corrected chi connectivity index (χ2v) is 11.5. The predicted octanol–water partition coefficient (Wildman–Crippen LogP) is 2.02. The molecule has 0 fully saturated rings. The average molecular weight is 547 g/mol. The van der Waals surface area contributed by atoms with Crippen LogP contribution in [0.15, 0.2) is 54.1 Å². The van der Waals surface area contributed by atoms with E-state index in [0.717, 1.165) is 12.8 Å². The fourth-order valence-electron chi connectivity index (χ4n) is 5.15. The van der Waals surface area contributed by atoms with Crippen molar-refractivity contribution in [3.8, 4) is 11.1 Å². The molecule has 0 saturated carbocycles. The maximum atomic E-state index is 2.46. The first-order chi connectivity index (χ1) is 13.4. The van der Waals surface area contributed by atoms with Gasteiger partial charge in [0.05, 0.1) is 0 Å². The second kappa shape index (κ2) is 9.94. The SMILES string of the molecule is CC(C)(C)c1ccc2c(c1)Cc1c-2ccc(C(C)(C)C)c1C(C)(C)C1=CC=CC1.[Cl-].[Cl-].[Zr+2]. The molecule has 0 N–H and O–H groups in total. The molecule has 0 aromatic heterocycles. The van der Waals surface area contributed by atoms with Gasteiger partial charge in [0.25, 0.3) is 0 Å². The number of allylic oxidation sites excluding steroid dienone is 4. The molecule has 3 heteroatoms. The van der Waals surface area contributed by atoms with Crippen LogP contribution >= 0.6 is 0 Å². The standard InChI is InChI=1S/C29H36.2ClH.Zr/c1-27(2,3)21-13-14-22-19(17-21)18-24-23(22)15-16-25(28(4,5)6)26(24)29(7,8)20-11-9-10-12-20;;;/h9-11,13-17H,12,18H2,1-8H3;2*1H;/q;;;+2/p-2. The average Bonchev–Trinajstić information content (AvgIpc) is 3.26. The Balaban J connectivity index is 0.00000171. The number of hydrogen-bond acceptors (Lipinski definition) is 0. The first-order valence-electron chi connectivity index (χ1n) is 11.1. The zero-order chi connectivity index (χ0) is 21.2. The third kappa shape index (κ3) is 5.06. The van der Waals surface area contributed by atoms with Crippen LogP contribution in [-0.2, 0) is 48.9 Å². The van der Waals surface area contributed by atoms with Crippen LogP contribution in [0.25, 0.3) is 11.1 Å². The number of halogens is 2. The summed E-state index contributed by atoms with van der Waals surface area (Å²) in [6.07, 6.45) is 8.98. The van der Waals surface area contributed by atoms with E-state index in [1.54, 1.807) is 11.1 Å². The first kappa shape index (κ1) is 29.4. The molecule has 2 aromatic rings. The fourth-order valence-corrected chi connectivity index (χ4v) is 5.15. The van der Waals surface area contributed by atoms with Crippen molar-refractivity contribution >= 4 is 0 Å². The summed E-state index contributed by atoms with van der Waals surface area (Å²) in [5.41, 5.74) is 12.3. The van der Waals surface area contributed by atoms with E-state index < -0.39 is 0 Å². The van der Waals surface area contributed by atoms with Gasteiger partial charge in [0, 0.05) is 5.41 Å². The summed E-state index contributed by atoms with van der Waals surface area (Å²) < 4.78 is 0.